The third kappa shape index (κ3) is 3.57. The minimum absolute atomic E-state index is 0.0427. The minimum atomic E-state index is -0.0427. The van der Waals surface area contributed by atoms with E-state index in [0.29, 0.717) is 42.7 Å². The number of carbonyl (C=O) groups excluding carboxylic acids is 1. The predicted molar refractivity (Wildman–Crippen MR) is 120 cm³/mol. The molecule has 7 nitrogen and oxygen atoms in total. The van der Waals surface area contributed by atoms with E-state index in [9.17, 15) is 9.90 Å². The highest BCUT2D eigenvalue weighted by Crippen LogP contribution is 2.30. The van der Waals surface area contributed by atoms with Gasteiger partial charge in [0.2, 0.25) is 5.95 Å². The number of benzene rings is 2. The molecule has 0 unspecified atom stereocenters. The fourth-order valence-corrected chi connectivity index (χ4v) is 4.17. The van der Waals surface area contributed by atoms with E-state index in [-0.39, 0.29) is 11.7 Å². The van der Waals surface area contributed by atoms with Gasteiger partial charge in [-0.2, -0.15) is 0 Å². The van der Waals surface area contributed by atoms with Crippen LogP contribution in [0.2, 0.25) is 5.02 Å². The van der Waals surface area contributed by atoms with Gasteiger partial charge < -0.3 is 14.9 Å². The maximum absolute atomic E-state index is 13.4. The Kier molecular flexibility index (Phi) is 4.95. The summed E-state index contributed by atoms with van der Waals surface area (Å²) in [6.07, 6.45) is 5.12. The van der Waals surface area contributed by atoms with Crippen LogP contribution < -0.4 is 4.90 Å². The second-order valence-corrected chi connectivity index (χ2v) is 7.83. The van der Waals surface area contributed by atoms with Crippen LogP contribution in [0.1, 0.15) is 10.4 Å². The number of phenols is 1. The van der Waals surface area contributed by atoms with Crippen molar-refractivity contribution >= 4 is 34.1 Å². The molecule has 1 fully saturated rings. The maximum Gasteiger partial charge on any atom is 0.256 e. The van der Waals surface area contributed by atoms with Crippen LogP contribution >= 0.6 is 11.6 Å². The van der Waals surface area contributed by atoms with Crippen molar-refractivity contribution in [1.29, 1.82) is 0 Å². The molecular formula is C23H20ClN5O2. The van der Waals surface area contributed by atoms with Crippen molar-refractivity contribution in [2.75, 3.05) is 31.1 Å². The molecule has 2 aromatic carbocycles. The Morgan fingerprint density at radius 3 is 2.45 bits per heavy atom. The SMILES string of the molecule is O=C(c1cn(-c2ncccn2)c2cc(Cl)ccc12)N1CCN(c2ccccc2O)CC1. The molecule has 0 aliphatic carbocycles. The van der Waals surface area contributed by atoms with Gasteiger partial charge in [-0.25, -0.2) is 9.97 Å². The van der Waals surface area contributed by atoms with E-state index in [2.05, 4.69) is 14.9 Å². The van der Waals surface area contributed by atoms with Gasteiger partial charge in [-0.3, -0.25) is 9.36 Å². The minimum Gasteiger partial charge on any atom is -0.506 e. The predicted octanol–water partition coefficient (Wildman–Crippen LogP) is 3.74. The van der Waals surface area contributed by atoms with Gasteiger partial charge in [0.15, 0.2) is 0 Å². The number of phenolic OH excluding ortho intramolecular Hbond substituents is 1. The number of nitrogens with zero attached hydrogens (tertiary/aromatic N) is 5. The lowest BCUT2D eigenvalue weighted by atomic mass is 10.1. The largest absolute Gasteiger partial charge is 0.506 e. The van der Waals surface area contributed by atoms with Gasteiger partial charge in [-0.15, -0.1) is 0 Å². The Hall–Kier alpha value is -3.58. The average molecular weight is 434 g/mol. The summed E-state index contributed by atoms with van der Waals surface area (Å²) in [6, 6.07) is 14.5. The third-order valence-corrected chi connectivity index (χ3v) is 5.79. The number of aromatic nitrogens is 3. The fourth-order valence-electron chi connectivity index (χ4n) is 4.00. The van der Waals surface area contributed by atoms with Crippen LogP contribution in [0.4, 0.5) is 5.69 Å². The summed E-state index contributed by atoms with van der Waals surface area (Å²) >= 11 is 6.23. The molecule has 5 rings (SSSR count). The lowest BCUT2D eigenvalue weighted by Crippen LogP contribution is -2.48. The fraction of sp³-hybridized carbons (Fsp3) is 0.174. The van der Waals surface area contributed by atoms with E-state index in [0.717, 1.165) is 16.6 Å². The summed E-state index contributed by atoms with van der Waals surface area (Å²) in [5.41, 5.74) is 2.17. The molecule has 1 amide bonds. The monoisotopic (exact) mass is 433 g/mol. The average Bonchev–Trinajstić information content (AvgIpc) is 3.18. The molecule has 0 atom stereocenters. The smallest absolute Gasteiger partial charge is 0.256 e. The summed E-state index contributed by atoms with van der Waals surface area (Å²) in [5.74, 6) is 0.696. The van der Waals surface area contributed by atoms with Crippen LogP contribution in [-0.2, 0) is 0 Å². The third-order valence-electron chi connectivity index (χ3n) is 5.56. The number of aromatic hydroxyl groups is 1. The van der Waals surface area contributed by atoms with E-state index in [1.165, 1.54) is 0 Å². The van der Waals surface area contributed by atoms with Crippen LogP contribution in [0, 0.1) is 0 Å². The zero-order chi connectivity index (χ0) is 21.4. The molecule has 0 spiro atoms. The molecule has 3 heterocycles. The molecule has 31 heavy (non-hydrogen) atoms. The van der Waals surface area contributed by atoms with E-state index in [4.69, 9.17) is 11.6 Å². The molecule has 1 aliphatic rings. The Bertz CT molecular complexity index is 1250. The molecule has 0 radical (unpaired) electrons. The Morgan fingerprint density at radius 2 is 1.71 bits per heavy atom. The molecule has 1 aliphatic heterocycles. The van der Waals surface area contributed by atoms with Crippen molar-refractivity contribution in [3.05, 3.63) is 77.7 Å². The van der Waals surface area contributed by atoms with Gasteiger partial charge in [0.1, 0.15) is 5.75 Å². The highest BCUT2D eigenvalue weighted by Gasteiger charge is 2.26. The van der Waals surface area contributed by atoms with Crippen molar-refractivity contribution in [2.45, 2.75) is 0 Å². The van der Waals surface area contributed by atoms with Gasteiger partial charge in [-0.05, 0) is 30.3 Å². The number of carbonyl (C=O) groups is 1. The first-order chi connectivity index (χ1) is 15.1. The normalized spacial score (nSPS) is 14.2. The zero-order valence-corrected chi connectivity index (χ0v) is 17.4. The van der Waals surface area contributed by atoms with Gasteiger partial charge in [0, 0.05) is 55.2 Å². The van der Waals surface area contributed by atoms with Gasteiger partial charge in [-0.1, -0.05) is 29.8 Å². The van der Waals surface area contributed by atoms with E-state index in [1.54, 1.807) is 47.4 Å². The van der Waals surface area contributed by atoms with Crippen molar-refractivity contribution < 1.29 is 9.90 Å². The molecule has 2 aromatic heterocycles. The van der Waals surface area contributed by atoms with Crippen LogP contribution in [0.25, 0.3) is 16.9 Å². The molecule has 4 aromatic rings. The highest BCUT2D eigenvalue weighted by atomic mass is 35.5. The molecule has 0 bridgehead atoms. The number of fused-ring (bicyclic) bond motifs is 1. The zero-order valence-electron chi connectivity index (χ0n) is 16.6. The van der Waals surface area contributed by atoms with Gasteiger partial charge >= 0.3 is 0 Å². The Balaban J connectivity index is 1.44. The van der Waals surface area contributed by atoms with E-state index < -0.39 is 0 Å². The molecular weight excluding hydrogens is 414 g/mol. The molecule has 0 saturated carbocycles. The van der Waals surface area contributed by atoms with Crippen molar-refractivity contribution in [3.8, 4) is 11.7 Å². The highest BCUT2D eigenvalue weighted by molar-refractivity contribution is 6.31. The summed E-state index contributed by atoms with van der Waals surface area (Å²) in [7, 11) is 0. The summed E-state index contributed by atoms with van der Waals surface area (Å²) < 4.78 is 1.80. The first kappa shape index (κ1) is 19.4. The van der Waals surface area contributed by atoms with E-state index >= 15 is 0 Å². The summed E-state index contributed by atoms with van der Waals surface area (Å²) in [6.45, 7) is 2.43. The number of anilines is 1. The second kappa shape index (κ2) is 7.92. The van der Waals surface area contributed by atoms with E-state index in [1.807, 2.05) is 29.2 Å². The van der Waals surface area contributed by atoms with Crippen LogP contribution in [0.15, 0.2) is 67.1 Å². The lowest BCUT2D eigenvalue weighted by Gasteiger charge is -2.36. The number of para-hydroxylation sites is 2. The lowest BCUT2D eigenvalue weighted by molar-refractivity contribution is 0.0748. The van der Waals surface area contributed by atoms with Crippen LogP contribution in [0.3, 0.4) is 0 Å². The second-order valence-electron chi connectivity index (χ2n) is 7.39. The number of halogens is 1. The van der Waals surface area contributed by atoms with Crippen LogP contribution in [0.5, 0.6) is 5.75 Å². The van der Waals surface area contributed by atoms with Crippen molar-refractivity contribution in [1.82, 2.24) is 19.4 Å². The first-order valence-corrected chi connectivity index (χ1v) is 10.4. The number of hydrogen-bond donors (Lipinski definition) is 1. The summed E-state index contributed by atoms with van der Waals surface area (Å²) in [5, 5.41) is 11.5. The molecule has 1 saturated heterocycles. The number of rotatable bonds is 3. The van der Waals surface area contributed by atoms with Crippen LogP contribution in [-0.4, -0.2) is 56.6 Å². The van der Waals surface area contributed by atoms with Crippen molar-refractivity contribution in [2.24, 2.45) is 0 Å². The Morgan fingerprint density at radius 1 is 0.968 bits per heavy atom. The van der Waals surface area contributed by atoms with Gasteiger partial charge in [0.25, 0.3) is 5.91 Å². The van der Waals surface area contributed by atoms with Gasteiger partial charge in [0.05, 0.1) is 16.8 Å². The van der Waals surface area contributed by atoms with Crippen molar-refractivity contribution in [3.63, 3.8) is 0 Å². The number of piperazine rings is 1. The first-order valence-electron chi connectivity index (χ1n) is 10.0. The quantitative estimate of drug-likeness (QED) is 0.532. The molecule has 156 valence electrons. The number of amides is 1. The standard InChI is InChI=1S/C23H20ClN5O2/c24-16-6-7-17-18(15-29(20(17)14-16)23-25-8-3-9-26-23)22(31)28-12-10-27(11-13-28)19-4-1-2-5-21(19)30/h1-9,14-15,30H,10-13H2. The Labute approximate surface area is 184 Å². The topological polar surface area (TPSA) is 74.5 Å². The molecule has 8 heteroatoms. The number of hydrogen-bond acceptors (Lipinski definition) is 5. The summed E-state index contributed by atoms with van der Waals surface area (Å²) in [4.78, 5) is 26.0. The maximum atomic E-state index is 13.4. The molecule has 1 N–H and O–H groups in total.